The zero-order chi connectivity index (χ0) is 27.4. The molecule has 202 valence electrons. The molecule has 1 aromatic carbocycles. The zero-order valence-electron chi connectivity index (χ0n) is 22.6. The minimum absolute atomic E-state index is 0.201. The smallest absolute Gasteiger partial charge is 0.338 e. The van der Waals surface area contributed by atoms with Crippen LogP contribution >= 0.6 is 11.3 Å². The lowest BCUT2D eigenvalue weighted by Crippen LogP contribution is -2.39. The number of benzene rings is 1. The molecule has 0 N–H and O–H groups in total. The number of furan rings is 1. The molecule has 9 nitrogen and oxygen atoms in total. The Hall–Kier alpha value is -3.79. The van der Waals surface area contributed by atoms with Crippen LogP contribution in [0.4, 0.5) is 5.88 Å². The van der Waals surface area contributed by atoms with Crippen LogP contribution in [-0.4, -0.2) is 43.9 Å². The van der Waals surface area contributed by atoms with E-state index < -0.39 is 12.0 Å². The van der Waals surface area contributed by atoms with Crippen molar-refractivity contribution < 1.29 is 23.4 Å². The fraction of sp³-hybridized carbons (Fsp3) is 0.393. The first-order chi connectivity index (χ1) is 18.4. The number of nitrogens with zero attached hydrogens (tertiary/aromatic N) is 3. The molecule has 0 unspecified atom stereocenters. The van der Waals surface area contributed by atoms with Crippen molar-refractivity contribution >= 4 is 29.3 Å². The largest absolute Gasteiger partial charge is 0.493 e. The molecule has 0 amide bonds. The number of hydrogen-bond acceptors (Lipinski definition) is 9. The Morgan fingerprint density at radius 3 is 2.55 bits per heavy atom. The van der Waals surface area contributed by atoms with E-state index in [1.807, 2.05) is 25.1 Å². The fourth-order valence-electron chi connectivity index (χ4n) is 4.49. The molecule has 4 rings (SSSR count). The Balaban J connectivity index is 1.90. The Morgan fingerprint density at radius 2 is 1.89 bits per heavy atom. The van der Waals surface area contributed by atoms with Crippen molar-refractivity contribution in [3.05, 3.63) is 72.6 Å². The van der Waals surface area contributed by atoms with Gasteiger partial charge in [0.25, 0.3) is 5.56 Å². The highest BCUT2D eigenvalue weighted by Crippen LogP contribution is 2.36. The summed E-state index contributed by atoms with van der Waals surface area (Å²) < 4.78 is 24.6. The van der Waals surface area contributed by atoms with Gasteiger partial charge in [-0.1, -0.05) is 17.4 Å². The highest BCUT2D eigenvalue weighted by molar-refractivity contribution is 7.07. The van der Waals surface area contributed by atoms with Crippen molar-refractivity contribution in [1.82, 2.24) is 4.57 Å². The van der Waals surface area contributed by atoms with Gasteiger partial charge in [0, 0.05) is 25.2 Å². The summed E-state index contributed by atoms with van der Waals surface area (Å²) in [5, 5.41) is 0. The summed E-state index contributed by atoms with van der Waals surface area (Å²) in [4.78, 5) is 34.2. The van der Waals surface area contributed by atoms with Crippen molar-refractivity contribution in [3.8, 4) is 11.5 Å². The van der Waals surface area contributed by atoms with Crippen LogP contribution in [-0.2, 0) is 9.53 Å². The summed E-state index contributed by atoms with van der Waals surface area (Å²) in [6.45, 7) is 11.8. The van der Waals surface area contributed by atoms with Gasteiger partial charge >= 0.3 is 5.97 Å². The predicted octanol–water partition coefficient (Wildman–Crippen LogP) is 3.64. The van der Waals surface area contributed by atoms with Crippen LogP contribution in [0, 0.1) is 0 Å². The van der Waals surface area contributed by atoms with Crippen molar-refractivity contribution in [2.24, 2.45) is 4.99 Å². The number of fused-ring (bicyclic) bond motifs is 1. The Bertz CT molecular complexity index is 1530. The molecule has 0 saturated heterocycles. The number of allylic oxidation sites excluding steroid dienone is 1. The van der Waals surface area contributed by atoms with Gasteiger partial charge in [-0.3, -0.25) is 9.36 Å². The maximum Gasteiger partial charge on any atom is 0.338 e. The number of methoxy groups -OCH3 is 1. The normalized spacial score (nSPS) is 15.2. The summed E-state index contributed by atoms with van der Waals surface area (Å²) in [6.07, 6.45) is 1.72. The van der Waals surface area contributed by atoms with Crippen LogP contribution in [0.15, 0.2) is 55.8 Å². The lowest BCUT2D eigenvalue weighted by Gasteiger charge is -2.25. The molecule has 3 heterocycles. The molecule has 2 aromatic heterocycles. The van der Waals surface area contributed by atoms with Gasteiger partial charge in [-0.05, 0) is 58.4 Å². The summed E-state index contributed by atoms with van der Waals surface area (Å²) >= 11 is 1.25. The Labute approximate surface area is 225 Å². The van der Waals surface area contributed by atoms with Gasteiger partial charge < -0.3 is 23.5 Å². The predicted molar refractivity (Wildman–Crippen MR) is 147 cm³/mol. The molecule has 0 radical (unpaired) electrons. The zero-order valence-corrected chi connectivity index (χ0v) is 23.4. The van der Waals surface area contributed by atoms with E-state index in [1.54, 1.807) is 43.7 Å². The molecule has 1 aliphatic heterocycles. The van der Waals surface area contributed by atoms with E-state index in [0.29, 0.717) is 50.0 Å². The maximum absolute atomic E-state index is 13.8. The minimum Gasteiger partial charge on any atom is -0.493 e. The van der Waals surface area contributed by atoms with Gasteiger partial charge in [-0.15, -0.1) is 0 Å². The molecule has 0 aliphatic carbocycles. The van der Waals surface area contributed by atoms with E-state index in [9.17, 15) is 9.59 Å². The number of anilines is 1. The highest BCUT2D eigenvalue weighted by Gasteiger charge is 2.34. The lowest BCUT2D eigenvalue weighted by molar-refractivity contribution is -0.139. The van der Waals surface area contributed by atoms with Crippen molar-refractivity contribution in [2.75, 3.05) is 38.3 Å². The van der Waals surface area contributed by atoms with Crippen LogP contribution in [0.25, 0.3) is 6.08 Å². The number of rotatable bonds is 10. The maximum atomic E-state index is 13.8. The number of carbonyl (C=O) groups is 1. The van der Waals surface area contributed by atoms with E-state index in [1.165, 1.54) is 11.3 Å². The molecule has 3 aromatic rings. The summed E-state index contributed by atoms with van der Waals surface area (Å²) in [6, 6.07) is 8.38. The topological polar surface area (TPSA) is 95.5 Å². The molecule has 0 bridgehead atoms. The van der Waals surface area contributed by atoms with E-state index in [-0.39, 0.29) is 12.2 Å². The van der Waals surface area contributed by atoms with E-state index >= 15 is 0 Å². The average Bonchev–Trinajstić information content (AvgIpc) is 3.48. The molecule has 38 heavy (non-hydrogen) atoms. The molecule has 0 spiro atoms. The van der Waals surface area contributed by atoms with Crippen molar-refractivity contribution in [3.63, 3.8) is 0 Å². The van der Waals surface area contributed by atoms with Gasteiger partial charge in [0.1, 0.15) is 5.76 Å². The van der Waals surface area contributed by atoms with E-state index in [0.717, 1.165) is 19.0 Å². The highest BCUT2D eigenvalue weighted by atomic mass is 32.1. The van der Waals surface area contributed by atoms with Gasteiger partial charge in [0.15, 0.2) is 22.2 Å². The molecular weight excluding hydrogens is 506 g/mol. The second-order valence-corrected chi connectivity index (χ2v) is 9.50. The number of aromatic nitrogens is 1. The fourth-order valence-corrected chi connectivity index (χ4v) is 5.52. The minimum atomic E-state index is -0.750. The number of thiazole rings is 1. The van der Waals surface area contributed by atoms with Crippen molar-refractivity contribution in [1.29, 1.82) is 0 Å². The van der Waals surface area contributed by atoms with E-state index in [2.05, 4.69) is 23.7 Å². The van der Waals surface area contributed by atoms with Crippen LogP contribution in [0.5, 0.6) is 11.5 Å². The van der Waals surface area contributed by atoms with E-state index in [4.69, 9.17) is 18.6 Å². The van der Waals surface area contributed by atoms with Gasteiger partial charge in [-0.25, -0.2) is 9.79 Å². The Kier molecular flexibility index (Phi) is 8.41. The second kappa shape index (κ2) is 11.7. The van der Waals surface area contributed by atoms with Crippen molar-refractivity contribution in [2.45, 2.75) is 40.7 Å². The standard InChI is InChI=1S/C28H33N3O6S/c1-7-30(8-2)23-14-12-19(37-23)16-22-26(32)31-25(18-11-13-20(34-6)21(15-18)35-9-3)24(27(33)36-10-4)17(5)29-28(31)38-22/h11-16,25H,7-10H2,1-6H3/t25-/m1/s1. The molecule has 10 heteroatoms. The molecule has 0 saturated carbocycles. The monoisotopic (exact) mass is 539 g/mol. The lowest BCUT2D eigenvalue weighted by atomic mass is 9.95. The third-order valence-corrected chi connectivity index (χ3v) is 7.26. The number of carbonyl (C=O) groups excluding carboxylic acids is 1. The number of hydrogen-bond donors (Lipinski definition) is 0. The first-order valence-corrected chi connectivity index (χ1v) is 13.5. The average molecular weight is 540 g/mol. The van der Waals surface area contributed by atoms with Gasteiger partial charge in [0.05, 0.1) is 42.2 Å². The first kappa shape index (κ1) is 27.3. The van der Waals surface area contributed by atoms with Gasteiger partial charge in [-0.2, -0.15) is 0 Å². The summed E-state index contributed by atoms with van der Waals surface area (Å²) in [7, 11) is 1.56. The summed E-state index contributed by atoms with van der Waals surface area (Å²) in [5.41, 5.74) is 1.21. The summed E-state index contributed by atoms with van der Waals surface area (Å²) in [5.74, 6) is 1.87. The van der Waals surface area contributed by atoms with Gasteiger partial charge in [0.2, 0.25) is 0 Å². The quantitative estimate of drug-likeness (QED) is 0.363. The molecular formula is C28H33N3O6S. The van der Waals surface area contributed by atoms with Crippen LogP contribution in [0.2, 0.25) is 0 Å². The van der Waals surface area contributed by atoms with Crippen LogP contribution in [0.3, 0.4) is 0 Å². The SMILES string of the molecule is CCOC(=O)C1=C(C)N=c2sc(=Cc3ccc(N(CC)CC)o3)c(=O)n2[C@@H]1c1ccc(OC)c(OCC)c1. The first-order valence-electron chi connectivity index (χ1n) is 12.7. The second-order valence-electron chi connectivity index (χ2n) is 8.49. The molecule has 1 atom stereocenters. The third-order valence-electron chi connectivity index (χ3n) is 6.28. The Morgan fingerprint density at radius 1 is 1.13 bits per heavy atom. The number of ether oxygens (including phenoxy) is 3. The van der Waals surface area contributed by atoms with Crippen LogP contribution in [0.1, 0.15) is 52.0 Å². The van der Waals surface area contributed by atoms with Crippen LogP contribution < -0.4 is 29.3 Å². The third kappa shape index (κ3) is 5.13. The molecule has 1 aliphatic rings. The molecule has 0 fully saturated rings. The number of esters is 1.